The summed E-state index contributed by atoms with van der Waals surface area (Å²) in [5.74, 6) is -3.15. The Labute approximate surface area is 181 Å². The average molecular weight is 436 g/mol. The van der Waals surface area contributed by atoms with Gasteiger partial charge in [0.05, 0.1) is 22.3 Å². The van der Waals surface area contributed by atoms with Crippen LogP contribution in [0.3, 0.4) is 0 Å². The van der Waals surface area contributed by atoms with Crippen molar-refractivity contribution in [3.05, 3.63) is 77.5 Å². The molecule has 2 heterocycles. The van der Waals surface area contributed by atoms with Gasteiger partial charge in [0.25, 0.3) is 5.91 Å². The van der Waals surface area contributed by atoms with Crippen molar-refractivity contribution in [2.75, 3.05) is 11.9 Å². The fraction of sp³-hybridized carbons (Fsp3) is 0.130. The molecule has 0 spiro atoms. The number of halogens is 2. The molecule has 0 bridgehead atoms. The first-order valence-corrected chi connectivity index (χ1v) is 9.64. The molecule has 2 aromatic heterocycles. The summed E-state index contributed by atoms with van der Waals surface area (Å²) in [4.78, 5) is 29.6. The maximum atomic E-state index is 13.3. The SMILES string of the molecule is Cc1nn(C)c2nc(-c3ccccc3)cc(C(=O)OCC(=O)Nc3cc(F)cc(F)c3)c12. The number of esters is 1. The van der Waals surface area contributed by atoms with E-state index < -0.39 is 30.1 Å². The molecule has 0 unspecified atom stereocenters. The summed E-state index contributed by atoms with van der Waals surface area (Å²) in [6.07, 6.45) is 0. The van der Waals surface area contributed by atoms with Gasteiger partial charge in [-0.25, -0.2) is 18.6 Å². The van der Waals surface area contributed by atoms with Crippen LogP contribution in [0, 0.1) is 18.6 Å². The van der Waals surface area contributed by atoms with Gasteiger partial charge in [0.2, 0.25) is 0 Å². The van der Waals surface area contributed by atoms with Crippen LogP contribution in [-0.2, 0) is 16.6 Å². The number of nitrogens with zero attached hydrogens (tertiary/aromatic N) is 3. The van der Waals surface area contributed by atoms with E-state index in [1.165, 1.54) is 0 Å². The fourth-order valence-electron chi connectivity index (χ4n) is 3.39. The zero-order valence-electron chi connectivity index (χ0n) is 17.2. The van der Waals surface area contributed by atoms with Crippen LogP contribution in [0.1, 0.15) is 16.1 Å². The third-order valence-corrected chi connectivity index (χ3v) is 4.74. The molecule has 0 radical (unpaired) electrons. The van der Waals surface area contributed by atoms with Crippen molar-refractivity contribution in [2.45, 2.75) is 6.92 Å². The predicted octanol–water partition coefficient (Wildman–Crippen LogP) is 4.02. The van der Waals surface area contributed by atoms with Gasteiger partial charge in [-0.15, -0.1) is 0 Å². The molecular formula is C23H18F2N4O3. The van der Waals surface area contributed by atoms with Gasteiger partial charge in [-0.2, -0.15) is 5.10 Å². The summed E-state index contributed by atoms with van der Waals surface area (Å²) >= 11 is 0. The topological polar surface area (TPSA) is 86.1 Å². The Morgan fingerprint density at radius 3 is 2.44 bits per heavy atom. The lowest BCUT2D eigenvalue weighted by Crippen LogP contribution is -2.21. The van der Waals surface area contributed by atoms with Crippen LogP contribution in [0.4, 0.5) is 14.5 Å². The van der Waals surface area contributed by atoms with E-state index in [0.717, 1.165) is 17.7 Å². The molecular weight excluding hydrogens is 418 g/mol. The van der Waals surface area contributed by atoms with E-state index in [-0.39, 0.29) is 11.3 Å². The lowest BCUT2D eigenvalue weighted by atomic mass is 10.1. The summed E-state index contributed by atoms with van der Waals surface area (Å²) in [5, 5.41) is 7.15. The first-order valence-electron chi connectivity index (χ1n) is 9.64. The van der Waals surface area contributed by atoms with E-state index in [0.29, 0.717) is 28.5 Å². The molecule has 0 atom stereocenters. The summed E-state index contributed by atoms with van der Waals surface area (Å²) in [7, 11) is 1.72. The number of hydrogen-bond acceptors (Lipinski definition) is 5. The molecule has 4 rings (SSSR count). The molecule has 0 aliphatic heterocycles. The van der Waals surface area contributed by atoms with E-state index in [1.54, 1.807) is 24.7 Å². The molecule has 4 aromatic rings. The lowest BCUT2D eigenvalue weighted by Gasteiger charge is -2.10. The molecule has 162 valence electrons. The third kappa shape index (κ3) is 4.31. The summed E-state index contributed by atoms with van der Waals surface area (Å²) in [5.41, 5.74) is 2.56. The Hall–Kier alpha value is -4.14. The first kappa shape index (κ1) is 21.1. The van der Waals surface area contributed by atoms with Crippen molar-refractivity contribution < 1.29 is 23.1 Å². The number of aromatic nitrogens is 3. The highest BCUT2D eigenvalue weighted by Gasteiger charge is 2.21. The van der Waals surface area contributed by atoms with Crippen LogP contribution in [0.15, 0.2) is 54.6 Å². The van der Waals surface area contributed by atoms with Crippen molar-refractivity contribution >= 4 is 28.6 Å². The quantitative estimate of drug-likeness (QED) is 0.478. The number of amides is 1. The highest BCUT2D eigenvalue weighted by molar-refractivity contribution is 6.05. The Bertz CT molecular complexity index is 1320. The smallest absolute Gasteiger partial charge is 0.339 e. The maximum absolute atomic E-state index is 13.3. The number of carbonyl (C=O) groups is 2. The summed E-state index contributed by atoms with van der Waals surface area (Å²) < 4.78 is 33.3. The van der Waals surface area contributed by atoms with Crippen molar-refractivity contribution in [3.63, 3.8) is 0 Å². The molecule has 2 aromatic carbocycles. The number of pyridine rings is 1. The number of rotatable bonds is 5. The van der Waals surface area contributed by atoms with Gasteiger partial charge in [0.15, 0.2) is 12.3 Å². The van der Waals surface area contributed by atoms with Crippen molar-refractivity contribution in [2.24, 2.45) is 7.05 Å². The fourth-order valence-corrected chi connectivity index (χ4v) is 3.39. The van der Waals surface area contributed by atoms with Crippen molar-refractivity contribution in [1.29, 1.82) is 0 Å². The first-order chi connectivity index (χ1) is 15.3. The number of fused-ring (bicyclic) bond motifs is 1. The molecule has 32 heavy (non-hydrogen) atoms. The molecule has 1 N–H and O–H groups in total. The summed E-state index contributed by atoms with van der Waals surface area (Å²) in [6, 6.07) is 13.5. The minimum absolute atomic E-state index is 0.0793. The number of aryl methyl sites for hydroxylation is 2. The largest absolute Gasteiger partial charge is 0.452 e. The normalized spacial score (nSPS) is 10.9. The highest BCUT2D eigenvalue weighted by Crippen LogP contribution is 2.27. The van der Waals surface area contributed by atoms with E-state index in [9.17, 15) is 18.4 Å². The molecule has 1 amide bonds. The maximum Gasteiger partial charge on any atom is 0.339 e. The van der Waals surface area contributed by atoms with Crippen LogP contribution in [-0.4, -0.2) is 33.2 Å². The predicted molar refractivity (Wildman–Crippen MR) is 114 cm³/mol. The molecule has 9 heteroatoms. The number of ether oxygens (including phenoxy) is 1. The van der Waals surface area contributed by atoms with Crippen LogP contribution in [0.2, 0.25) is 0 Å². The molecule has 7 nitrogen and oxygen atoms in total. The molecule has 0 saturated carbocycles. The number of hydrogen-bond donors (Lipinski definition) is 1. The van der Waals surface area contributed by atoms with E-state index in [4.69, 9.17) is 4.74 Å². The van der Waals surface area contributed by atoms with Crippen LogP contribution < -0.4 is 5.32 Å². The van der Waals surface area contributed by atoms with Gasteiger partial charge in [0, 0.05) is 24.4 Å². The van der Waals surface area contributed by atoms with E-state index >= 15 is 0 Å². The molecule has 0 saturated heterocycles. The second-order valence-corrected chi connectivity index (χ2v) is 7.11. The number of carbonyl (C=O) groups excluding carboxylic acids is 2. The van der Waals surface area contributed by atoms with Crippen molar-refractivity contribution in [3.8, 4) is 11.3 Å². The Morgan fingerprint density at radius 1 is 1.06 bits per heavy atom. The van der Waals surface area contributed by atoms with Crippen LogP contribution in [0.5, 0.6) is 0 Å². The Kier molecular flexibility index (Phi) is 5.63. The van der Waals surface area contributed by atoms with Crippen molar-refractivity contribution in [1.82, 2.24) is 14.8 Å². The number of nitrogens with one attached hydrogen (secondary N) is 1. The molecule has 0 aliphatic carbocycles. The van der Waals surface area contributed by atoms with Gasteiger partial charge in [-0.3, -0.25) is 9.48 Å². The molecule has 0 fully saturated rings. The van der Waals surface area contributed by atoms with Gasteiger partial charge in [-0.1, -0.05) is 30.3 Å². The second kappa shape index (κ2) is 8.54. The number of anilines is 1. The van der Waals surface area contributed by atoms with Gasteiger partial charge in [-0.05, 0) is 25.1 Å². The average Bonchev–Trinajstić information content (AvgIpc) is 3.05. The van der Waals surface area contributed by atoms with Gasteiger partial charge < -0.3 is 10.1 Å². The number of benzene rings is 2. The zero-order valence-corrected chi connectivity index (χ0v) is 17.2. The van der Waals surface area contributed by atoms with E-state index in [1.807, 2.05) is 30.3 Å². The van der Waals surface area contributed by atoms with Gasteiger partial charge in [0.1, 0.15) is 11.6 Å². The Morgan fingerprint density at radius 2 is 1.75 bits per heavy atom. The molecule has 0 aliphatic rings. The zero-order chi connectivity index (χ0) is 22.8. The van der Waals surface area contributed by atoms with Crippen LogP contribution in [0.25, 0.3) is 22.3 Å². The minimum Gasteiger partial charge on any atom is -0.452 e. The standard InChI is InChI=1S/C23H18F2N4O3/c1-13-21-18(11-19(14-6-4-3-5-7-14)27-22(21)29(2)28-13)23(31)32-12-20(30)26-17-9-15(24)8-16(25)10-17/h3-11H,12H2,1-2H3,(H,26,30). The van der Waals surface area contributed by atoms with Gasteiger partial charge >= 0.3 is 5.97 Å². The highest BCUT2D eigenvalue weighted by atomic mass is 19.1. The Balaban J connectivity index is 1.59. The minimum atomic E-state index is -0.836. The third-order valence-electron chi connectivity index (χ3n) is 4.74. The monoisotopic (exact) mass is 436 g/mol. The van der Waals surface area contributed by atoms with E-state index in [2.05, 4.69) is 15.4 Å². The van der Waals surface area contributed by atoms with Crippen LogP contribution >= 0.6 is 0 Å². The second-order valence-electron chi connectivity index (χ2n) is 7.11. The summed E-state index contributed by atoms with van der Waals surface area (Å²) in [6.45, 7) is 1.11. The lowest BCUT2D eigenvalue weighted by molar-refractivity contribution is -0.119.